The van der Waals surface area contributed by atoms with E-state index in [9.17, 15) is 0 Å². The molecule has 2 atom stereocenters. The SMILES string of the molecule is CCNC(CN1CCC(COC)CC1)C1CCOC1. The van der Waals surface area contributed by atoms with Gasteiger partial charge in [0.05, 0.1) is 6.61 Å². The molecule has 2 aliphatic rings. The minimum atomic E-state index is 0.603. The summed E-state index contributed by atoms with van der Waals surface area (Å²) in [4.78, 5) is 2.62. The maximum Gasteiger partial charge on any atom is 0.0510 e. The predicted octanol–water partition coefficient (Wildman–Crippen LogP) is 1.36. The van der Waals surface area contributed by atoms with Crippen molar-refractivity contribution >= 4 is 0 Å². The van der Waals surface area contributed by atoms with E-state index in [1.807, 2.05) is 7.11 Å². The zero-order valence-corrected chi connectivity index (χ0v) is 12.6. The van der Waals surface area contributed by atoms with Gasteiger partial charge in [0.25, 0.3) is 0 Å². The van der Waals surface area contributed by atoms with Crippen molar-refractivity contribution in [3.8, 4) is 0 Å². The van der Waals surface area contributed by atoms with E-state index in [0.717, 1.165) is 32.3 Å². The lowest BCUT2D eigenvalue weighted by Gasteiger charge is -2.35. The van der Waals surface area contributed by atoms with Gasteiger partial charge in [-0.05, 0) is 44.8 Å². The third kappa shape index (κ3) is 4.71. The molecule has 19 heavy (non-hydrogen) atoms. The number of hydrogen-bond acceptors (Lipinski definition) is 4. The lowest BCUT2D eigenvalue weighted by Crippen LogP contribution is -2.48. The zero-order valence-electron chi connectivity index (χ0n) is 12.6. The predicted molar refractivity (Wildman–Crippen MR) is 77.4 cm³/mol. The van der Waals surface area contributed by atoms with Crippen LogP contribution in [0.1, 0.15) is 26.2 Å². The van der Waals surface area contributed by atoms with Gasteiger partial charge in [0.2, 0.25) is 0 Å². The summed E-state index contributed by atoms with van der Waals surface area (Å²) in [5, 5.41) is 3.66. The van der Waals surface area contributed by atoms with Crippen molar-refractivity contribution in [3.05, 3.63) is 0 Å². The molecule has 112 valence electrons. The molecule has 0 aliphatic carbocycles. The normalized spacial score (nSPS) is 27.8. The summed E-state index contributed by atoms with van der Waals surface area (Å²) < 4.78 is 10.8. The van der Waals surface area contributed by atoms with Gasteiger partial charge in [-0.2, -0.15) is 0 Å². The van der Waals surface area contributed by atoms with Crippen LogP contribution in [0.3, 0.4) is 0 Å². The average molecular weight is 270 g/mol. The van der Waals surface area contributed by atoms with E-state index in [4.69, 9.17) is 9.47 Å². The Hall–Kier alpha value is -0.160. The average Bonchev–Trinajstić information content (AvgIpc) is 2.95. The zero-order chi connectivity index (χ0) is 13.5. The number of likely N-dealkylation sites (tertiary alicyclic amines) is 1. The van der Waals surface area contributed by atoms with E-state index in [-0.39, 0.29) is 0 Å². The standard InChI is InChI=1S/C15H30N2O2/c1-3-16-15(14-6-9-19-12-14)10-17-7-4-13(5-8-17)11-18-2/h13-16H,3-12H2,1-2H3. The van der Waals surface area contributed by atoms with Crippen LogP contribution in [0.15, 0.2) is 0 Å². The molecule has 2 aliphatic heterocycles. The maximum absolute atomic E-state index is 5.55. The van der Waals surface area contributed by atoms with Crippen LogP contribution in [0.4, 0.5) is 0 Å². The number of ether oxygens (including phenoxy) is 2. The van der Waals surface area contributed by atoms with Gasteiger partial charge in [-0.15, -0.1) is 0 Å². The van der Waals surface area contributed by atoms with Crippen LogP contribution in [-0.4, -0.2) is 64.1 Å². The molecule has 0 aromatic rings. The Morgan fingerprint density at radius 1 is 1.32 bits per heavy atom. The van der Waals surface area contributed by atoms with Crippen molar-refractivity contribution in [1.29, 1.82) is 0 Å². The molecule has 0 aromatic carbocycles. The topological polar surface area (TPSA) is 33.7 Å². The third-order valence-corrected chi connectivity index (χ3v) is 4.56. The first-order valence-electron chi connectivity index (χ1n) is 7.86. The van der Waals surface area contributed by atoms with Gasteiger partial charge >= 0.3 is 0 Å². The Morgan fingerprint density at radius 3 is 2.68 bits per heavy atom. The smallest absolute Gasteiger partial charge is 0.0510 e. The number of nitrogens with one attached hydrogen (secondary N) is 1. The molecule has 4 heteroatoms. The van der Waals surface area contributed by atoms with Crippen molar-refractivity contribution in [3.63, 3.8) is 0 Å². The number of nitrogens with zero attached hydrogens (tertiary/aromatic N) is 1. The number of piperidine rings is 1. The van der Waals surface area contributed by atoms with Crippen molar-refractivity contribution in [1.82, 2.24) is 10.2 Å². The van der Waals surface area contributed by atoms with Crippen molar-refractivity contribution in [2.75, 3.05) is 53.1 Å². The second kappa shape index (κ2) is 8.20. The molecular weight excluding hydrogens is 240 g/mol. The summed E-state index contributed by atoms with van der Waals surface area (Å²) in [6.45, 7) is 9.71. The van der Waals surface area contributed by atoms with E-state index in [1.165, 1.54) is 38.9 Å². The molecule has 0 bridgehead atoms. The lowest BCUT2D eigenvalue weighted by molar-refractivity contribution is 0.0893. The van der Waals surface area contributed by atoms with Gasteiger partial charge in [0.1, 0.15) is 0 Å². The maximum atomic E-state index is 5.55. The second-order valence-corrected chi connectivity index (χ2v) is 5.99. The molecule has 1 N–H and O–H groups in total. The highest BCUT2D eigenvalue weighted by Crippen LogP contribution is 2.21. The van der Waals surface area contributed by atoms with E-state index in [0.29, 0.717) is 12.0 Å². The monoisotopic (exact) mass is 270 g/mol. The molecule has 2 unspecified atom stereocenters. The number of rotatable bonds is 7. The Kier molecular flexibility index (Phi) is 6.57. The first-order chi connectivity index (χ1) is 9.33. The first-order valence-corrected chi connectivity index (χ1v) is 7.86. The molecule has 0 spiro atoms. The fourth-order valence-corrected chi connectivity index (χ4v) is 3.36. The van der Waals surface area contributed by atoms with Crippen molar-refractivity contribution in [2.24, 2.45) is 11.8 Å². The highest BCUT2D eigenvalue weighted by molar-refractivity contribution is 4.84. The highest BCUT2D eigenvalue weighted by atomic mass is 16.5. The molecule has 0 amide bonds. The Bertz CT molecular complexity index is 236. The lowest BCUT2D eigenvalue weighted by atomic mass is 9.94. The molecule has 2 fully saturated rings. The van der Waals surface area contributed by atoms with Gasteiger partial charge in [0, 0.05) is 38.8 Å². The summed E-state index contributed by atoms with van der Waals surface area (Å²) in [7, 11) is 1.81. The Morgan fingerprint density at radius 2 is 2.11 bits per heavy atom. The third-order valence-electron chi connectivity index (χ3n) is 4.56. The number of likely N-dealkylation sites (N-methyl/N-ethyl adjacent to an activating group) is 1. The van der Waals surface area contributed by atoms with E-state index in [1.54, 1.807) is 0 Å². The van der Waals surface area contributed by atoms with E-state index >= 15 is 0 Å². The van der Waals surface area contributed by atoms with Crippen LogP contribution >= 0.6 is 0 Å². The number of methoxy groups -OCH3 is 1. The molecule has 0 aromatic heterocycles. The Balaban J connectivity index is 1.75. The van der Waals surface area contributed by atoms with Crippen LogP contribution in [0.2, 0.25) is 0 Å². The summed E-state index contributed by atoms with van der Waals surface area (Å²) in [5.74, 6) is 1.48. The van der Waals surface area contributed by atoms with E-state index in [2.05, 4.69) is 17.1 Å². The quantitative estimate of drug-likeness (QED) is 0.757. The van der Waals surface area contributed by atoms with Gasteiger partial charge in [0.15, 0.2) is 0 Å². The minimum Gasteiger partial charge on any atom is -0.384 e. The largest absolute Gasteiger partial charge is 0.384 e. The highest BCUT2D eigenvalue weighted by Gasteiger charge is 2.28. The van der Waals surface area contributed by atoms with Crippen LogP contribution in [-0.2, 0) is 9.47 Å². The molecule has 0 radical (unpaired) electrons. The molecular formula is C15H30N2O2. The van der Waals surface area contributed by atoms with Crippen LogP contribution < -0.4 is 5.32 Å². The number of hydrogen-bond donors (Lipinski definition) is 1. The van der Waals surface area contributed by atoms with Gasteiger partial charge in [-0.25, -0.2) is 0 Å². The van der Waals surface area contributed by atoms with E-state index < -0.39 is 0 Å². The molecule has 2 saturated heterocycles. The van der Waals surface area contributed by atoms with Crippen LogP contribution in [0.5, 0.6) is 0 Å². The fourth-order valence-electron chi connectivity index (χ4n) is 3.36. The van der Waals surface area contributed by atoms with Gasteiger partial charge in [-0.3, -0.25) is 0 Å². The molecule has 2 rings (SSSR count). The molecule has 4 nitrogen and oxygen atoms in total. The van der Waals surface area contributed by atoms with Crippen LogP contribution in [0.25, 0.3) is 0 Å². The molecule has 2 heterocycles. The summed E-state index contributed by atoms with van der Waals surface area (Å²) in [5.41, 5.74) is 0. The second-order valence-electron chi connectivity index (χ2n) is 5.99. The molecule has 0 saturated carbocycles. The first kappa shape index (κ1) is 15.2. The fraction of sp³-hybridized carbons (Fsp3) is 1.00. The summed E-state index contributed by atoms with van der Waals surface area (Å²) in [6.07, 6.45) is 3.79. The summed E-state index contributed by atoms with van der Waals surface area (Å²) in [6, 6.07) is 0.603. The van der Waals surface area contributed by atoms with Crippen molar-refractivity contribution in [2.45, 2.75) is 32.2 Å². The van der Waals surface area contributed by atoms with Crippen LogP contribution in [0, 0.1) is 11.8 Å². The van der Waals surface area contributed by atoms with Gasteiger partial charge < -0.3 is 19.7 Å². The van der Waals surface area contributed by atoms with Crippen molar-refractivity contribution < 1.29 is 9.47 Å². The minimum absolute atomic E-state index is 0.603. The summed E-state index contributed by atoms with van der Waals surface area (Å²) >= 11 is 0. The Labute approximate surface area is 117 Å². The van der Waals surface area contributed by atoms with Gasteiger partial charge in [-0.1, -0.05) is 6.92 Å².